The zero-order valence-corrected chi connectivity index (χ0v) is 9.03. The van der Waals surface area contributed by atoms with Crippen LogP contribution in [0.25, 0.3) is 0 Å². The molecule has 0 unspecified atom stereocenters. The van der Waals surface area contributed by atoms with E-state index in [1.54, 1.807) is 6.07 Å². The number of esters is 1. The van der Waals surface area contributed by atoms with Crippen LogP contribution >= 0.6 is 0 Å². The van der Waals surface area contributed by atoms with Crippen molar-refractivity contribution in [1.82, 2.24) is 4.98 Å². The molecule has 0 N–H and O–H groups in total. The van der Waals surface area contributed by atoms with E-state index in [2.05, 4.69) is 9.72 Å². The fourth-order valence-electron chi connectivity index (χ4n) is 1.26. The number of pyridine rings is 1. The van der Waals surface area contributed by atoms with Gasteiger partial charge in [-0.1, -0.05) is 0 Å². The van der Waals surface area contributed by atoms with Crippen molar-refractivity contribution in [2.24, 2.45) is 0 Å². The minimum atomic E-state index is -2.95. The van der Waals surface area contributed by atoms with Crippen molar-refractivity contribution in [2.45, 2.75) is 6.43 Å². The maximum Gasteiger partial charge on any atom is 0.360 e. The van der Waals surface area contributed by atoms with E-state index < -0.39 is 23.7 Å². The summed E-state index contributed by atoms with van der Waals surface area (Å²) in [4.78, 5) is 14.9. The van der Waals surface area contributed by atoms with Crippen LogP contribution in [0.2, 0.25) is 0 Å². The SMILES string of the molecule is COC(=O)c1ncc(C#N)c(C(F)F)c1OC. The Hall–Kier alpha value is -2.23. The van der Waals surface area contributed by atoms with Crippen molar-refractivity contribution < 1.29 is 23.0 Å². The number of hydrogen-bond acceptors (Lipinski definition) is 5. The Morgan fingerprint density at radius 2 is 2.18 bits per heavy atom. The van der Waals surface area contributed by atoms with Gasteiger partial charge < -0.3 is 9.47 Å². The molecule has 1 heterocycles. The molecule has 0 spiro atoms. The summed E-state index contributed by atoms with van der Waals surface area (Å²) in [5.41, 5.74) is -1.39. The first-order valence-electron chi connectivity index (χ1n) is 4.40. The van der Waals surface area contributed by atoms with E-state index >= 15 is 0 Å². The van der Waals surface area contributed by atoms with Crippen LogP contribution in [0.1, 0.15) is 28.0 Å². The topological polar surface area (TPSA) is 72.2 Å². The molecule has 0 amide bonds. The molecule has 1 aromatic heterocycles. The number of alkyl halides is 2. The second-order valence-electron chi connectivity index (χ2n) is 2.87. The minimum absolute atomic E-state index is 0.343. The van der Waals surface area contributed by atoms with Crippen LogP contribution in [0.5, 0.6) is 5.75 Å². The van der Waals surface area contributed by atoms with Crippen molar-refractivity contribution in [3.63, 3.8) is 0 Å². The molecule has 0 aliphatic rings. The quantitative estimate of drug-likeness (QED) is 0.754. The average Bonchev–Trinajstić information content (AvgIpc) is 2.35. The van der Waals surface area contributed by atoms with E-state index in [0.29, 0.717) is 0 Å². The molecule has 90 valence electrons. The first-order valence-corrected chi connectivity index (χ1v) is 4.40. The van der Waals surface area contributed by atoms with E-state index in [9.17, 15) is 13.6 Å². The maximum absolute atomic E-state index is 12.8. The molecule has 1 aromatic rings. The Bertz CT molecular complexity index is 483. The molecule has 0 aromatic carbocycles. The molecule has 0 atom stereocenters. The van der Waals surface area contributed by atoms with Gasteiger partial charge in [-0.25, -0.2) is 18.6 Å². The lowest BCUT2D eigenvalue weighted by atomic mass is 10.1. The van der Waals surface area contributed by atoms with Crippen LogP contribution in [-0.4, -0.2) is 25.2 Å². The van der Waals surface area contributed by atoms with E-state index in [1.165, 1.54) is 0 Å². The highest BCUT2D eigenvalue weighted by molar-refractivity contribution is 5.91. The van der Waals surface area contributed by atoms with Gasteiger partial charge in [0.1, 0.15) is 6.07 Å². The summed E-state index contributed by atoms with van der Waals surface area (Å²) in [6.45, 7) is 0. The number of nitriles is 1. The van der Waals surface area contributed by atoms with Gasteiger partial charge in [-0.05, 0) is 0 Å². The molecule has 0 fully saturated rings. The van der Waals surface area contributed by atoms with Gasteiger partial charge in [-0.15, -0.1) is 0 Å². The molecule has 0 saturated carbocycles. The van der Waals surface area contributed by atoms with E-state index in [-0.39, 0.29) is 11.3 Å². The van der Waals surface area contributed by atoms with Gasteiger partial charge in [-0.3, -0.25) is 0 Å². The normalized spacial score (nSPS) is 9.88. The predicted octanol–water partition coefficient (Wildman–Crippen LogP) is 1.69. The molecule has 0 saturated heterocycles. The molecule has 0 aliphatic heterocycles. The van der Waals surface area contributed by atoms with Crippen molar-refractivity contribution in [2.75, 3.05) is 14.2 Å². The number of aromatic nitrogens is 1. The highest BCUT2D eigenvalue weighted by atomic mass is 19.3. The Labute approximate surface area is 95.6 Å². The summed E-state index contributed by atoms with van der Waals surface area (Å²) in [6.07, 6.45) is -2.07. The Morgan fingerprint density at radius 1 is 1.53 bits per heavy atom. The number of hydrogen-bond donors (Lipinski definition) is 0. The maximum atomic E-state index is 12.8. The number of rotatable bonds is 3. The van der Waals surface area contributed by atoms with E-state index in [0.717, 1.165) is 20.4 Å². The summed E-state index contributed by atoms with van der Waals surface area (Å²) in [6, 6.07) is 1.56. The van der Waals surface area contributed by atoms with Crippen LogP contribution < -0.4 is 4.74 Å². The summed E-state index contributed by atoms with van der Waals surface area (Å²) in [7, 11) is 2.19. The van der Waals surface area contributed by atoms with Crippen molar-refractivity contribution >= 4 is 5.97 Å². The molecule has 1 rings (SSSR count). The second-order valence-corrected chi connectivity index (χ2v) is 2.87. The van der Waals surface area contributed by atoms with Gasteiger partial charge in [0.25, 0.3) is 6.43 Å². The molecule has 5 nitrogen and oxygen atoms in total. The molecule has 7 heteroatoms. The molecule has 0 radical (unpaired) electrons. The smallest absolute Gasteiger partial charge is 0.360 e. The lowest BCUT2D eigenvalue weighted by Crippen LogP contribution is -2.10. The fraction of sp³-hybridized carbons (Fsp3) is 0.300. The third-order valence-corrected chi connectivity index (χ3v) is 1.99. The van der Waals surface area contributed by atoms with Crippen molar-refractivity contribution in [1.29, 1.82) is 5.26 Å². The number of carbonyl (C=O) groups is 1. The Balaban J connectivity index is 3.53. The molecular weight excluding hydrogens is 234 g/mol. The number of methoxy groups -OCH3 is 2. The summed E-state index contributed by atoms with van der Waals surface area (Å²) in [5, 5.41) is 8.68. The largest absolute Gasteiger partial charge is 0.494 e. The monoisotopic (exact) mass is 242 g/mol. The van der Waals surface area contributed by atoms with Gasteiger partial charge in [0.05, 0.1) is 25.3 Å². The zero-order chi connectivity index (χ0) is 13.0. The van der Waals surface area contributed by atoms with E-state index in [1.807, 2.05) is 0 Å². The summed E-state index contributed by atoms with van der Waals surface area (Å²) >= 11 is 0. The molecule has 0 aliphatic carbocycles. The Morgan fingerprint density at radius 3 is 2.59 bits per heavy atom. The minimum Gasteiger partial charge on any atom is -0.494 e. The summed E-state index contributed by atoms with van der Waals surface area (Å²) in [5.74, 6) is -1.35. The van der Waals surface area contributed by atoms with Crippen LogP contribution in [-0.2, 0) is 4.74 Å². The zero-order valence-electron chi connectivity index (χ0n) is 9.03. The highest BCUT2D eigenvalue weighted by Crippen LogP contribution is 2.33. The van der Waals surface area contributed by atoms with Gasteiger partial charge >= 0.3 is 5.97 Å². The molecule has 17 heavy (non-hydrogen) atoms. The van der Waals surface area contributed by atoms with Gasteiger partial charge in [0, 0.05) is 6.20 Å². The van der Waals surface area contributed by atoms with Crippen LogP contribution in [0, 0.1) is 11.3 Å². The number of ether oxygens (including phenoxy) is 2. The summed E-state index contributed by atoms with van der Waals surface area (Å²) < 4.78 is 34.7. The number of halogens is 2. The first-order chi connectivity index (χ1) is 8.06. The van der Waals surface area contributed by atoms with Gasteiger partial charge in [0.15, 0.2) is 11.4 Å². The van der Waals surface area contributed by atoms with Crippen LogP contribution in [0.15, 0.2) is 6.20 Å². The third kappa shape index (κ3) is 2.30. The number of nitrogens with zero attached hydrogens (tertiary/aromatic N) is 2. The lowest BCUT2D eigenvalue weighted by molar-refractivity contribution is 0.0588. The fourth-order valence-corrected chi connectivity index (χ4v) is 1.26. The predicted molar refractivity (Wildman–Crippen MR) is 51.8 cm³/mol. The molecule has 0 bridgehead atoms. The van der Waals surface area contributed by atoms with Crippen molar-refractivity contribution in [3.05, 3.63) is 23.0 Å². The number of carbonyl (C=O) groups excluding carboxylic acids is 1. The standard InChI is InChI=1S/C10H8F2N2O3/c1-16-8-6(9(11)12)5(3-13)4-14-7(8)10(15)17-2/h4,9H,1-2H3. The molecular formula is C10H8F2N2O3. The van der Waals surface area contributed by atoms with Crippen molar-refractivity contribution in [3.8, 4) is 11.8 Å². The average molecular weight is 242 g/mol. The Kier molecular flexibility index (Phi) is 3.93. The lowest BCUT2D eigenvalue weighted by Gasteiger charge is -2.11. The third-order valence-electron chi connectivity index (χ3n) is 1.99. The van der Waals surface area contributed by atoms with E-state index in [4.69, 9.17) is 10.00 Å². The van der Waals surface area contributed by atoms with Gasteiger partial charge in [-0.2, -0.15) is 5.26 Å². The second kappa shape index (κ2) is 5.21. The highest BCUT2D eigenvalue weighted by Gasteiger charge is 2.26. The van der Waals surface area contributed by atoms with Gasteiger partial charge in [0.2, 0.25) is 0 Å². The first kappa shape index (κ1) is 12.8. The van der Waals surface area contributed by atoms with Crippen LogP contribution in [0.4, 0.5) is 8.78 Å². The van der Waals surface area contributed by atoms with Crippen LogP contribution in [0.3, 0.4) is 0 Å².